The molecule has 2 rings (SSSR count). The van der Waals surface area contributed by atoms with E-state index in [2.05, 4.69) is 0 Å². The molecule has 4 nitrogen and oxygen atoms in total. The molecule has 0 saturated carbocycles. The van der Waals surface area contributed by atoms with Crippen LogP contribution in [0.3, 0.4) is 0 Å². The number of carbonyl (C=O) groups excluding carboxylic acids is 1. The highest BCUT2D eigenvalue weighted by Crippen LogP contribution is 2.34. The fourth-order valence-corrected chi connectivity index (χ4v) is 2.72. The Labute approximate surface area is 142 Å². The highest BCUT2D eigenvalue weighted by atomic mass is 16.5. The largest absolute Gasteiger partial charge is 0.497 e. The molecular formula is C20H23NO3. The Bertz CT molecular complexity index is 763. The number of anilines is 1. The van der Waals surface area contributed by atoms with Crippen LogP contribution >= 0.6 is 0 Å². The van der Waals surface area contributed by atoms with E-state index in [1.165, 1.54) is 13.2 Å². The van der Waals surface area contributed by atoms with Crippen molar-refractivity contribution < 1.29 is 14.3 Å². The fraction of sp³-hybridized carbons (Fsp3) is 0.250. The maximum absolute atomic E-state index is 11.9. The third kappa shape index (κ3) is 3.43. The Hall–Kier alpha value is -2.75. The lowest BCUT2D eigenvalue weighted by atomic mass is 9.87. The highest BCUT2D eigenvalue weighted by Gasteiger charge is 2.16. The van der Waals surface area contributed by atoms with Crippen molar-refractivity contribution in [2.75, 3.05) is 20.0 Å². The number of rotatable bonds is 4. The highest BCUT2D eigenvalue weighted by molar-refractivity contribution is 5.98. The molecule has 2 aromatic rings. The topological polar surface area (TPSA) is 61.5 Å². The summed E-state index contributed by atoms with van der Waals surface area (Å²) in [5, 5.41) is 0. The van der Waals surface area contributed by atoms with Crippen molar-refractivity contribution >= 4 is 17.2 Å². The van der Waals surface area contributed by atoms with Crippen LogP contribution in [0.25, 0.3) is 5.57 Å². The Balaban J connectivity index is 2.73. The quantitative estimate of drug-likeness (QED) is 0.527. The molecule has 2 aromatic carbocycles. The zero-order valence-corrected chi connectivity index (χ0v) is 14.8. The molecule has 0 heterocycles. The van der Waals surface area contributed by atoms with Crippen LogP contribution in [0.2, 0.25) is 0 Å². The minimum absolute atomic E-state index is 0.403. The summed E-state index contributed by atoms with van der Waals surface area (Å²) in [5.41, 5.74) is 12.6. The Morgan fingerprint density at radius 2 is 1.67 bits per heavy atom. The Morgan fingerprint density at radius 1 is 1.04 bits per heavy atom. The Kier molecular flexibility index (Phi) is 5.29. The first-order valence-corrected chi connectivity index (χ1v) is 7.69. The van der Waals surface area contributed by atoms with E-state index in [-0.39, 0.29) is 0 Å². The van der Waals surface area contributed by atoms with Gasteiger partial charge in [-0.25, -0.2) is 4.79 Å². The molecule has 126 valence electrons. The van der Waals surface area contributed by atoms with Crippen LogP contribution in [0.5, 0.6) is 5.75 Å². The van der Waals surface area contributed by atoms with Gasteiger partial charge in [0.25, 0.3) is 0 Å². The monoisotopic (exact) mass is 325 g/mol. The van der Waals surface area contributed by atoms with Gasteiger partial charge in [0.05, 0.1) is 14.2 Å². The molecule has 0 spiro atoms. The van der Waals surface area contributed by atoms with Gasteiger partial charge in [-0.2, -0.15) is 0 Å². The van der Waals surface area contributed by atoms with Gasteiger partial charge in [0.2, 0.25) is 0 Å². The lowest BCUT2D eigenvalue weighted by Gasteiger charge is -2.18. The number of nitrogen functional groups attached to an aromatic ring is 1. The average molecular weight is 325 g/mol. The van der Waals surface area contributed by atoms with E-state index in [9.17, 15) is 4.79 Å². The Morgan fingerprint density at radius 3 is 2.21 bits per heavy atom. The summed E-state index contributed by atoms with van der Waals surface area (Å²) in [6.45, 7) is 6.01. The third-order valence-corrected chi connectivity index (χ3v) is 4.28. The average Bonchev–Trinajstić information content (AvgIpc) is 2.59. The molecular weight excluding hydrogens is 302 g/mol. The molecule has 0 aromatic heterocycles. The van der Waals surface area contributed by atoms with E-state index in [1.807, 2.05) is 51.1 Å². The number of aryl methyl sites for hydroxylation is 1. The standard InChI is InChI=1S/C20H23NO3/c1-12-10-18(21)14(3)20(13(12)2)17(11-19(22)24-5)15-6-8-16(23-4)9-7-15/h6-11H,21H2,1-5H3/b17-11+. The molecule has 0 aliphatic carbocycles. The van der Waals surface area contributed by atoms with Crippen molar-refractivity contribution in [2.45, 2.75) is 20.8 Å². The fourth-order valence-electron chi connectivity index (χ4n) is 2.72. The first kappa shape index (κ1) is 17.6. The predicted molar refractivity (Wildman–Crippen MR) is 97.2 cm³/mol. The number of nitrogens with two attached hydrogens (primary N) is 1. The summed E-state index contributed by atoms with van der Waals surface area (Å²) < 4.78 is 10.0. The third-order valence-electron chi connectivity index (χ3n) is 4.28. The van der Waals surface area contributed by atoms with Crippen LogP contribution < -0.4 is 10.5 Å². The number of methoxy groups -OCH3 is 2. The molecule has 2 N–H and O–H groups in total. The van der Waals surface area contributed by atoms with Gasteiger partial charge in [-0.3, -0.25) is 0 Å². The normalized spacial score (nSPS) is 11.3. The van der Waals surface area contributed by atoms with E-state index in [0.29, 0.717) is 5.69 Å². The predicted octanol–water partition coefficient (Wildman–Crippen LogP) is 3.81. The van der Waals surface area contributed by atoms with Gasteiger partial charge < -0.3 is 15.2 Å². The summed E-state index contributed by atoms with van der Waals surface area (Å²) in [5.74, 6) is 0.355. The van der Waals surface area contributed by atoms with E-state index in [4.69, 9.17) is 15.2 Å². The summed E-state index contributed by atoms with van der Waals surface area (Å²) >= 11 is 0. The molecule has 24 heavy (non-hydrogen) atoms. The number of ether oxygens (including phenoxy) is 2. The van der Waals surface area contributed by atoms with Gasteiger partial charge in [0.1, 0.15) is 5.75 Å². The number of esters is 1. The first-order valence-electron chi connectivity index (χ1n) is 7.69. The summed E-state index contributed by atoms with van der Waals surface area (Å²) in [6, 6.07) is 9.53. The molecule has 4 heteroatoms. The summed E-state index contributed by atoms with van der Waals surface area (Å²) in [4.78, 5) is 11.9. The van der Waals surface area contributed by atoms with Crippen molar-refractivity contribution in [3.8, 4) is 5.75 Å². The molecule has 0 fully saturated rings. The van der Waals surface area contributed by atoms with E-state index in [0.717, 1.165) is 39.1 Å². The van der Waals surface area contributed by atoms with Crippen LogP contribution in [-0.2, 0) is 9.53 Å². The van der Waals surface area contributed by atoms with Gasteiger partial charge in [-0.15, -0.1) is 0 Å². The van der Waals surface area contributed by atoms with Gasteiger partial charge in [0.15, 0.2) is 0 Å². The lowest BCUT2D eigenvalue weighted by Crippen LogP contribution is -2.05. The van der Waals surface area contributed by atoms with Crippen LogP contribution in [0.4, 0.5) is 5.69 Å². The summed E-state index contributed by atoms with van der Waals surface area (Å²) in [7, 11) is 2.99. The van der Waals surface area contributed by atoms with Gasteiger partial charge in [-0.1, -0.05) is 12.1 Å². The second-order valence-electron chi connectivity index (χ2n) is 5.72. The van der Waals surface area contributed by atoms with Gasteiger partial charge in [0, 0.05) is 11.8 Å². The zero-order chi connectivity index (χ0) is 17.9. The number of carbonyl (C=O) groups is 1. The van der Waals surface area contributed by atoms with Crippen molar-refractivity contribution in [1.82, 2.24) is 0 Å². The number of hydrogen-bond acceptors (Lipinski definition) is 4. The second-order valence-corrected chi connectivity index (χ2v) is 5.72. The molecule has 0 aliphatic rings. The molecule has 0 bridgehead atoms. The molecule has 0 saturated heterocycles. The molecule has 0 atom stereocenters. The SMILES string of the molecule is COC(=O)/C=C(\c1ccc(OC)cc1)c1c(C)c(C)cc(N)c1C. The second kappa shape index (κ2) is 7.21. The van der Waals surface area contributed by atoms with E-state index < -0.39 is 5.97 Å². The van der Waals surface area contributed by atoms with E-state index >= 15 is 0 Å². The molecule has 0 unspecified atom stereocenters. The smallest absolute Gasteiger partial charge is 0.331 e. The number of benzene rings is 2. The van der Waals surface area contributed by atoms with Crippen molar-refractivity contribution in [3.63, 3.8) is 0 Å². The van der Waals surface area contributed by atoms with Crippen molar-refractivity contribution in [3.05, 3.63) is 64.2 Å². The van der Waals surface area contributed by atoms with Crippen LogP contribution in [0.15, 0.2) is 36.4 Å². The lowest BCUT2D eigenvalue weighted by molar-refractivity contribution is -0.134. The van der Waals surface area contributed by atoms with Crippen molar-refractivity contribution in [1.29, 1.82) is 0 Å². The molecule has 0 radical (unpaired) electrons. The zero-order valence-electron chi connectivity index (χ0n) is 14.8. The minimum Gasteiger partial charge on any atom is -0.497 e. The van der Waals surface area contributed by atoms with Gasteiger partial charge >= 0.3 is 5.97 Å². The van der Waals surface area contributed by atoms with Crippen molar-refractivity contribution in [2.24, 2.45) is 0 Å². The first-order chi connectivity index (χ1) is 11.4. The maximum Gasteiger partial charge on any atom is 0.331 e. The van der Waals surface area contributed by atoms with E-state index in [1.54, 1.807) is 7.11 Å². The van der Waals surface area contributed by atoms with Gasteiger partial charge in [-0.05, 0) is 72.4 Å². The van der Waals surface area contributed by atoms with Crippen LogP contribution in [-0.4, -0.2) is 20.2 Å². The molecule has 0 amide bonds. The van der Waals surface area contributed by atoms with Crippen LogP contribution in [0.1, 0.15) is 27.8 Å². The maximum atomic E-state index is 11.9. The number of hydrogen-bond donors (Lipinski definition) is 1. The molecule has 0 aliphatic heterocycles. The van der Waals surface area contributed by atoms with Crippen LogP contribution in [0, 0.1) is 20.8 Å². The summed E-state index contributed by atoms with van der Waals surface area (Å²) in [6.07, 6.45) is 1.51. The minimum atomic E-state index is -0.403.